The smallest absolute Gasteiger partial charge is 0.0284 e. The van der Waals surface area contributed by atoms with Crippen LogP contribution in [0.15, 0.2) is 0 Å². The van der Waals surface area contributed by atoms with Crippen LogP contribution in [-0.2, 0) is 0 Å². The van der Waals surface area contributed by atoms with E-state index in [2.05, 4.69) is 27.7 Å². The standard InChI is InChI=1S/C18H32/c1-5-15-9-16(6-2)12-17(7-3,10-15)14-18(8-4,11-15)13-16/h5-14H2,1-4H3. The average Bonchev–Trinajstić information content (AvgIpc) is 2.37. The van der Waals surface area contributed by atoms with E-state index in [0.717, 1.165) is 21.7 Å². The van der Waals surface area contributed by atoms with Gasteiger partial charge in [0.1, 0.15) is 0 Å². The lowest BCUT2D eigenvalue weighted by Gasteiger charge is -2.71. The molecule has 0 heteroatoms. The first-order valence-corrected chi connectivity index (χ1v) is 8.49. The van der Waals surface area contributed by atoms with Crippen LogP contribution in [0.4, 0.5) is 0 Å². The van der Waals surface area contributed by atoms with Crippen molar-refractivity contribution in [2.24, 2.45) is 21.7 Å². The van der Waals surface area contributed by atoms with Crippen LogP contribution >= 0.6 is 0 Å². The van der Waals surface area contributed by atoms with Crippen molar-refractivity contribution >= 4 is 0 Å². The highest BCUT2D eigenvalue weighted by atomic mass is 14.7. The van der Waals surface area contributed by atoms with Crippen LogP contribution < -0.4 is 0 Å². The van der Waals surface area contributed by atoms with Crippen molar-refractivity contribution < 1.29 is 0 Å². The van der Waals surface area contributed by atoms with E-state index >= 15 is 0 Å². The molecule has 0 aliphatic heterocycles. The summed E-state index contributed by atoms with van der Waals surface area (Å²) in [7, 11) is 0. The summed E-state index contributed by atoms with van der Waals surface area (Å²) in [5, 5.41) is 0. The van der Waals surface area contributed by atoms with Gasteiger partial charge in [0.05, 0.1) is 0 Å². The maximum absolute atomic E-state index is 2.48. The summed E-state index contributed by atoms with van der Waals surface area (Å²) in [5.41, 5.74) is 2.93. The van der Waals surface area contributed by atoms with E-state index in [9.17, 15) is 0 Å². The van der Waals surface area contributed by atoms with E-state index in [4.69, 9.17) is 0 Å². The number of hydrogen-bond donors (Lipinski definition) is 0. The average molecular weight is 248 g/mol. The van der Waals surface area contributed by atoms with Gasteiger partial charge in [-0.1, -0.05) is 53.4 Å². The summed E-state index contributed by atoms with van der Waals surface area (Å²) in [6, 6.07) is 0. The van der Waals surface area contributed by atoms with Gasteiger partial charge < -0.3 is 0 Å². The Morgan fingerprint density at radius 1 is 0.444 bits per heavy atom. The fourth-order valence-electron chi connectivity index (χ4n) is 7.02. The molecule has 0 unspecified atom stereocenters. The van der Waals surface area contributed by atoms with E-state index in [1.807, 2.05) is 0 Å². The maximum Gasteiger partial charge on any atom is -0.0284 e. The lowest BCUT2D eigenvalue weighted by Crippen LogP contribution is -2.60. The van der Waals surface area contributed by atoms with E-state index in [-0.39, 0.29) is 0 Å². The van der Waals surface area contributed by atoms with Gasteiger partial charge in [0, 0.05) is 0 Å². The highest BCUT2D eigenvalue weighted by Crippen LogP contribution is 2.76. The minimum Gasteiger partial charge on any atom is -0.0649 e. The maximum atomic E-state index is 2.48. The summed E-state index contributed by atoms with van der Waals surface area (Å²) in [4.78, 5) is 0. The summed E-state index contributed by atoms with van der Waals surface area (Å²) < 4.78 is 0. The molecule has 4 aliphatic rings. The first kappa shape index (κ1) is 13.0. The minimum atomic E-state index is 0.733. The zero-order chi connectivity index (χ0) is 13.1. The molecule has 0 radical (unpaired) electrons. The molecule has 0 spiro atoms. The van der Waals surface area contributed by atoms with Crippen LogP contribution in [-0.4, -0.2) is 0 Å². The molecule has 4 saturated carbocycles. The second kappa shape index (κ2) is 3.76. The second-order valence-electron chi connectivity index (χ2n) is 8.47. The van der Waals surface area contributed by atoms with Crippen molar-refractivity contribution in [3.05, 3.63) is 0 Å². The van der Waals surface area contributed by atoms with Gasteiger partial charge in [0.2, 0.25) is 0 Å². The van der Waals surface area contributed by atoms with Crippen LogP contribution in [0.25, 0.3) is 0 Å². The van der Waals surface area contributed by atoms with Crippen molar-refractivity contribution in [3.63, 3.8) is 0 Å². The fraction of sp³-hybridized carbons (Fsp3) is 1.00. The zero-order valence-electron chi connectivity index (χ0n) is 13.1. The molecular formula is C18H32. The van der Waals surface area contributed by atoms with E-state index in [1.54, 1.807) is 38.5 Å². The summed E-state index contributed by atoms with van der Waals surface area (Å²) >= 11 is 0. The number of hydrogen-bond acceptors (Lipinski definition) is 0. The Hall–Kier alpha value is 0. The normalized spacial score (nSPS) is 54.0. The SMILES string of the molecule is CCC12CC3(CC)CC(CC)(C1)CC(CC)(C2)C3. The number of rotatable bonds is 4. The second-order valence-corrected chi connectivity index (χ2v) is 8.47. The van der Waals surface area contributed by atoms with E-state index in [1.165, 1.54) is 25.7 Å². The molecule has 104 valence electrons. The molecule has 4 bridgehead atoms. The topological polar surface area (TPSA) is 0 Å². The molecule has 0 amide bonds. The Bertz CT molecular complexity index is 236. The molecule has 0 aromatic rings. The lowest BCUT2D eigenvalue weighted by molar-refractivity contribution is -0.206. The third kappa shape index (κ3) is 1.56. The van der Waals surface area contributed by atoms with Gasteiger partial charge >= 0.3 is 0 Å². The molecule has 18 heavy (non-hydrogen) atoms. The highest BCUT2D eigenvalue weighted by molar-refractivity contribution is 5.16. The molecule has 0 atom stereocenters. The van der Waals surface area contributed by atoms with Crippen LogP contribution in [0.2, 0.25) is 0 Å². The molecule has 0 N–H and O–H groups in total. The van der Waals surface area contributed by atoms with E-state index < -0.39 is 0 Å². The summed E-state index contributed by atoms with van der Waals surface area (Å²) in [5.74, 6) is 0. The Balaban J connectivity index is 2.06. The highest BCUT2D eigenvalue weighted by Gasteiger charge is 2.65. The Morgan fingerprint density at radius 3 is 0.722 bits per heavy atom. The third-order valence-electron chi connectivity index (χ3n) is 7.50. The molecule has 0 heterocycles. The molecule has 0 saturated heterocycles. The van der Waals surface area contributed by atoms with Crippen LogP contribution in [0, 0.1) is 21.7 Å². The van der Waals surface area contributed by atoms with E-state index in [0.29, 0.717) is 0 Å². The van der Waals surface area contributed by atoms with Crippen molar-refractivity contribution in [2.75, 3.05) is 0 Å². The molecule has 4 aliphatic carbocycles. The Kier molecular flexibility index (Phi) is 2.72. The Morgan fingerprint density at radius 2 is 0.611 bits per heavy atom. The van der Waals surface area contributed by atoms with Crippen LogP contribution in [0.1, 0.15) is 91.9 Å². The van der Waals surface area contributed by atoms with Crippen molar-refractivity contribution in [1.82, 2.24) is 0 Å². The molecule has 0 aromatic carbocycles. The van der Waals surface area contributed by atoms with Crippen LogP contribution in [0.3, 0.4) is 0 Å². The largest absolute Gasteiger partial charge is 0.0649 e. The summed E-state index contributed by atoms with van der Waals surface area (Å²) in [6.07, 6.45) is 15.2. The molecule has 0 aromatic heterocycles. The first-order chi connectivity index (χ1) is 8.49. The van der Waals surface area contributed by atoms with Crippen molar-refractivity contribution in [2.45, 2.75) is 91.9 Å². The molecule has 0 nitrogen and oxygen atoms in total. The van der Waals surface area contributed by atoms with Gasteiger partial charge in [0.15, 0.2) is 0 Å². The predicted molar refractivity (Wildman–Crippen MR) is 78.6 cm³/mol. The predicted octanol–water partition coefficient (Wildman–Crippen LogP) is 5.95. The first-order valence-electron chi connectivity index (χ1n) is 8.49. The van der Waals surface area contributed by atoms with Gasteiger partial charge in [-0.15, -0.1) is 0 Å². The lowest BCUT2D eigenvalue weighted by atomic mass is 9.34. The quantitative estimate of drug-likeness (QED) is 0.576. The summed E-state index contributed by atoms with van der Waals surface area (Å²) in [6.45, 7) is 9.90. The molecule has 4 fully saturated rings. The van der Waals surface area contributed by atoms with Crippen molar-refractivity contribution in [1.29, 1.82) is 0 Å². The zero-order valence-corrected chi connectivity index (χ0v) is 13.1. The third-order valence-corrected chi connectivity index (χ3v) is 7.50. The van der Waals surface area contributed by atoms with Gasteiger partial charge in [-0.25, -0.2) is 0 Å². The monoisotopic (exact) mass is 248 g/mol. The molecular weight excluding hydrogens is 216 g/mol. The van der Waals surface area contributed by atoms with Gasteiger partial charge in [-0.05, 0) is 60.2 Å². The van der Waals surface area contributed by atoms with Crippen LogP contribution in [0.5, 0.6) is 0 Å². The fourth-order valence-corrected chi connectivity index (χ4v) is 7.02. The van der Waals surface area contributed by atoms with Gasteiger partial charge in [-0.3, -0.25) is 0 Å². The Labute approximate surface area is 114 Å². The minimum absolute atomic E-state index is 0.733. The van der Waals surface area contributed by atoms with Gasteiger partial charge in [0.25, 0.3) is 0 Å². The van der Waals surface area contributed by atoms with Gasteiger partial charge in [-0.2, -0.15) is 0 Å². The van der Waals surface area contributed by atoms with Crippen molar-refractivity contribution in [3.8, 4) is 0 Å². The molecule has 4 rings (SSSR count).